The van der Waals surface area contributed by atoms with Crippen LogP contribution >= 0.6 is 0 Å². The normalized spacial score (nSPS) is 13.1. The number of aromatic amines is 1. The minimum Gasteiger partial charge on any atom is -0.475 e. The lowest BCUT2D eigenvalue weighted by Crippen LogP contribution is -2.25. The number of hydrogen-bond acceptors (Lipinski definition) is 5. The number of aliphatic carboxylic acids is 1. The maximum atomic E-state index is 11.2. The first-order chi connectivity index (χ1) is 16.2. The number of urea groups is 1. The summed E-state index contributed by atoms with van der Waals surface area (Å²) in [6, 6.07) is 15.0. The summed E-state index contributed by atoms with van der Waals surface area (Å²) in [6.07, 6.45) is -1.61. The fourth-order valence-corrected chi connectivity index (χ4v) is 3.51. The maximum Gasteiger partial charge on any atom is 0.490 e. The molecule has 2 amide bonds. The van der Waals surface area contributed by atoms with E-state index in [0.717, 1.165) is 44.7 Å². The molecule has 9 nitrogen and oxygen atoms in total. The Morgan fingerprint density at radius 3 is 2.29 bits per heavy atom. The molecule has 1 aliphatic carbocycles. The van der Waals surface area contributed by atoms with Crippen molar-refractivity contribution in [1.82, 2.24) is 20.4 Å². The van der Waals surface area contributed by atoms with Crippen LogP contribution in [0, 0.1) is 0 Å². The van der Waals surface area contributed by atoms with E-state index in [1.54, 1.807) is 12.4 Å². The van der Waals surface area contributed by atoms with Gasteiger partial charge in [0.1, 0.15) is 5.82 Å². The molecule has 0 aliphatic heterocycles. The number of imidazole rings is 1. The van der Waals surface area contributed by atoms with Crippen LogP contribution in [0.4, 0.5) is 18.0 Å². The number of nitrogens with two attached hydrogens (primary N) is 1. The first kappa shape index (κ1) is 22.5. The highest BCUT2D eigenvalue weighted by Gasteiger charge is 2.38. The lowest BCUT2D eigenvalue weighted by Gasteiger charge is -2.07. The van der Waals surface area contributed by atoms with Crippen molar-refractivity contribution in [2.75, 3.05) is 0 Å². The molecule has 2 aromatic heterocycles. The van der Waals surface area contributed by atoms with Crippen molar-refractivity contribution in [2.24, 2.45) is 10.8 Å². The topological polar surface area (TPSA) is 146 Å². The molecule has 0 saturated carbocycles. The number of fused-ring (bicyclic) bond motifs is 4. The first-order valence-electron chi connectivity index (χ1n) is 9.63. The summed E-state index contributed by atoms with van der Waals surface area (Å²) < 4.78 is 31.7. The van der Waals surface area contributed by atoms with Crippen LogP contribution in [0.1, 0.15) is 11.1 Å². The van der Waals surface area contributed by atoms with Gasteiger partial charge in [-0.1, -0.05) is 42.5 Å². The van der Waals surface area contributed by atoms with Crippen LogP contribution in [0.2, 0.25) is 0 Å². The number of hydrazone groups is 1. The average Bonchev–Trinajstić information content (AvgIpc) is 3.36. The smallest absolute Gasteiger partial charge is 0.475 e. The predicted molar refractivity (Wildman–Crippen MR) is 117 cm³/mol. The van der Waals surface area contributed by atoms with Gasteiger partial charge in [0.05, 0.1) is 22.9 Å². The van der Waals surface area contributed by atoms with Crippen molar-refractivity contribution in [1.29, 1.82) is 0 Å². The average molecular weight is 468 g/mol. The number of benzene rings is 2. The zero-order valence-electron chi connectivity index (χ0n) is 17.1. The van der Waals surface area contributed by atoms with Crippen molar-refractivity contribution in [3.63, 3.8) is 0 Å². The van der Waals surface area contributed by atoms with E-state index in [-0.39, 0.29) is 0 Å². The van der Waals surface area contributed by atoms with Gasteiger partial charge in [-0.3, -0.25) is 4.98 Å². The summed E-state index contributed by atoms with van der Waals surface area (Å²) >= 11 is 0. The van der Waals surface area contributed by atoms with E-state index in [4.69, 9.17) is 20.6 Å². The highest BCUT2D eigenvalue weighted by Crippen LogP contribution is 2.42. The maximum absolute atomic E-state index is 11.2. The molecular formula is C22H15F3N6O3. The van der Waals surface area contributed by atoms with Gasteiger partial charge in [0.25, 0.3) is 0 Å². The Bertz CT molecular complexity index is 1410. The van der Waals surface area contributed by atoms with E-state index in [9.17, 15) is 18.0 Å². The SMILES string of the molecule is NC(=O)NN=C1c2ccccc2-c2c1cccc2-c1nc2ccncc2[nH]1.O=C(O)C(F)(F)F. The van der Waals surface area contributed by atoms with Gasteiger partial charge in [-0.2, -0.15) is 18.3 Å². The second-order valence-corrected chi connectivity index (χ2v) is 6.99. The minimum atomic E-state index is -5.08. The van der Waals surface area contributed by atoms with Gasteiger partial charge in [-0.25, -0.2) is 20.0 Å². The number of nitrogens with one attached hydrogen (secondary N) is 2. The van der Waals surface area contributed by atoms with Gasteiger partial charge in [-0.05, 0) is 11.6 Å². The third-order valence-corrected chi connectivity index (χ3v) is 4.83. The fraction of sp³-hybridized carbons (Fsp3) is 0.0455. The summed E-state index contributed by atoms with van der Waals surface area (Å²) in [5.74, 6) is -2.00. The minimum absolute atomic E-state index is 0.680. The third-order valence-electron chi connectivity index (χ3n) is 4.83. The number of nitrogens with zero attached hydrogens (tertiary/aromatic N) is 3. The van der Waals surface area contributed by atoms with Crippen molar-refractivity contribution in [3.8, 4) is 22.5 Å². The molecular weight excluding hydrogens is 453 g/mol. The Kier molecular flexibility index (Phi) is 5.72. The molecule has 34 heavy (non-hydrogen) atoms. The van der Waals surface area contributed by atoms with E-state index in [1.165, 1.54) is 0 Å². The molecule has 0 radical (unpaired) electrons. The van der Waals surface area contributed by atoms with Crippen LogP contribution in [-0.2, 0) is 4.79 Å². The van der Waals surface area contributed by atoms with Gasteiger partial charge in [0.15, 0.2) is 0 Å². The van der Waals surface area contributed by atoms with Gasteiger partial charge in [-0.15, -0.1) is 0 Å². The third kappa shape index (κ3) is 4.28. The Morgan fingerprint density at radius 1 is 1.00 bits per heavy atom. The molecule has 0 atom stereocenters. The zero-order valence-corrected chi connectivity index (χ0v) is 17.1. The molecule has 0 bridgehead atoms. The number of carboxylic acid groups (broad SMARTS) is 1. The van der Waals surface area contributed by atoms with Crippen LogP contribution < -0.4 is 11.2 Å². The Labute approximate surface area is 189 Å². The summed E-state index contributed by atoms with van der Waals surface area (Å²) in [6.45, 7) is 0. The second-order valence-electron chi connectivity index (χ2n) is 6.99. The summed E-state index contributed by atoms with van der Waals surface area (Å²) in [5, 5.41) is 11.4. The number of halogens is 3. The van der Waals surface area contributed by atoms with Crippen molar-refractivity contribution < 1.29 is 27.9 Å². The number of rotatable bonds is 2. The molecule has 0 spiro atoms. The largest absolute Gasteiger partial charge is 0.490 e. The Balaban J connectivity index is 0.000000344. The molecule has 0 fully saturated rings. The zero-order chi connectivity index (χ0) is 24.5. The van der Waals surface area contributed by atoms with Gasteiger partial charge >= 0.3 is 18.2 Å². The van der Waals surface area contributed by atoms with Crippen LogP contribution in [-0.4, -0.2) is 43.9 Å². The monoisotopic (exact) mass is 468 g/mol. The summed E-state index contributed by atoms with van der Waals surface area (Å²) in [4.78, 5) is 32.2. The molecule has 0 unspecified atom stereocenters. The molecule has 2 aromatic carbocycles. The molecule has 4 aromatic rings. The number of pyridine rings is 1. The first-order valence-corrected chi connectivity index (χ1v) is 9.63. The van der Waals surface area contributed by atoms with Crippen molar-refractivity contribution in [2.45, 2.75) is 6.18 Å². The molecule has 2 heterocycles. The fourth-order valence-electron chi connectivity index (χ4n) is 3.51. The number of hydrogen-bond donors (Lipinski definition) is 4. The number of amides is 2. The Hall–Kier alpha value is -4.74. The second kappa shape index (κ2) is 8.65. The van der Waals surface area contributed by atoms with Crippen LogP contribution in [0.5, 0.6) is 0 Å². The molecule has 0 saturated heterocycles. The van der Waals surface area contributed by atoms with Gasteiger partial charge < -0.3 is 15.8 Å². The van der Waals surface area contributed by atoms with E-state index >= 15 is 0 Å². The number of primary amides is 1. The molecule has 5 N–H and O–H groups in total. The summed E-state index contributed by atoms with van der Waals surface area (Å²) in [7, 11) is 0. The van der Waals surface area contributed by atoms with Crippen molar-refractivity contribution >= 4 is 28.7 Å². The Morgan fingerprint density at radius 2 is 1.65 bits per heavy atom. The van der Waals surface area contributed by atoms with Crippen LogP contribution in [0.3, 0.4) is 0 Å². The predicted octanol–water partition coefficient (Wildman–Crippen LogP) is 3.66. The number of alkyl halides is 3. The molecule has 172 valence electrons. The standard InChI is InChI=1S/C20H14N6O.C2HF3O2/c21-20(27)26-25-18-12-5-2-1-4-11(12)17-13(18)6-3-7-14(17)19-23-15-8-9-22-10-16(15)24-19;3-2(4,5)1(6)7/h1-10H,(H,23,24)(H3,21,26,27);(H,6,7). The van der Waals surface area contributed by atoms with E-state index in [1.807, 2.05) is 48.5 Å². The lowest BCUT2D eigenvalue weighted by atomic mass is 9.99. The number of carbonyl (C=O) groups is 2. The van der Waals surface area contributed by atoms with E-state index in [2.05, 4.69) is 20.5 Å². The quantitative estimate of drug-likeness (QED) is 0.292. The molecule has 12 heteroatoms. The number of aromatic nitrogens is 3. The van der Waals surface area contributed by atoms with Crippen molar-refractivity contribution in [3.05, 3.63) is 72.1 Å². The highest BCUT2D eigenvalue weighted by atomic mass is 19.4. The van der Waals surface area contributed by atoms with Gasteiger partial charge in [0, 0.05) is 28.5 Å². The highest BCUT2D eigenvalue weighted by molar-refractivity contribution is 6.26. The van der Waals surface area contributed by atoms with E-state index in [0.29, 0.717) is 5.71 Å². The molecule has 5 rings (SSSR count). The lowest BCUT2D eigenvalue weighted by molar-refractivity contribution is -0.192. The number of H-pyrrole nitrogens is 1. The number of carbonyl (C=O) groups excluding carboxylic acids is 1. The van der Waals surface area contributed by atoms with E-state index < -0.39 is 18.2 Å². The number of carboxylic acids is 1. The van der Waals surface area contributed by atoms with Crippen LogP contribution in [0.15, 0.2) is 66.0 Å². The molecule has 1 aliphatic rings. The van der Waals surface area contributed by atoms with Gasteiger partial charge in [0.2, 0.25) is 0 Å². The van der Waals surface area contributed by atoms with Crippen LogP contribution in [0.25, 0.3) is 33.5 Å². The summed E-state index contributed by atoms with van der Waals surface area (Å²) in [5.41, 5.74) is 14.8.